The maximum absolute atomic E-state index is 12.2. The molecule has 1 heterocycles. The van der Waals surface area contributed by atoms with Crippen LogP contribution in [-0.2, 0) is 0 Å². The Kier molecular flexibility index (Phi) is 4.08. The Labute approximate surface area is 119 Å². The van der Waals surface area contributed by atoms with Gasteiger partial charge in [0, 0.05) is 5.56 Å². The number of aryl methyl sites for hydroxylation is 4. The van der Waals surface area contributed by atoms with Crippen molar-refractivity contribution in [3.8, 4) is 0 Å². The van der Waals surface area contributed by atoms with E-state index in [0.29, 0.717) is 0 Å². The molecule has 2 rings (SSSR count). The van der Waals surface area contributed by atoms with Crippen molar-refractivity contribution in [2.24, 2.45) is 0 Å². The minimum Gasteiger partial charge on any atom is -0.289 e. The third-order valence-corrected chi connectivity index (χ3v) is 3.32. The molecule has 0 aliphatic rings. The Morgan fingerprint density at radius 2 is 1.60 bits per heavy atom. The molecule has 0 bridgehead atoms. The van der Waals surface area contributed by atoms with Crippen LogP contribution >= 0.6 is 0 Å². The number of carbonyl (C=O) groups excluding carboxylic acids is 1. The van der Waals surface area contributed by atoms with Gasteiger partial charge >= 0.3 is 0 Å². The molecule has 0 atom stereocenters. The Morgan fingerprint density at radius 3 is 2.30 bits per heavy atom. The second kappa shape index (κ2) is 5.78. The van der Waals surface area contributed by atoms with Crippen LogP contribution in [0.5, 0.6) is 0 Å². The predicted molar refractivity (Wildman–Crippen MR) is 80.8 cm³/mol. The fraction of sp³-hybridized carbons (Fsp3) is 0.235. The van der Waals surface area contributed by atoms with Gasteiger partial charge in [0.1, 0.15) is 0 Å². The van der Waals surface area contributed by atoms with E-state index in [1.165, 1.54) is 0 Å². The minimum atomic E-state index is -0.0115. The third-order valence-electron chi connectivity index (χ3n) is 3.32. The first kappa shape index (κ1) is 14.1. The fourth-order valence-electron chi connectivity index (χ4n) is 1.98. The summed E-state index contributed by atoms with van der Waals surface area (Å²) in [5.41, 5.74) is 5.09. The number of ketones is 1. The first-order valence-corrected chi connectivity index (χ1v) is 6.59. The summed E-state index contributed by atoms with van der Waals surface area (Å²) < 4.78 is 0. The van der Waals surface area contributed by atoms with Gasteiger partial charge in [-0.15, -0.1) is 0 Å². The van der Waals surface area contributed by atoms with Crippen LogP contribution in [0, 0.1) is 27.7 Å². The predicted octanol–water partition coefficient (Wildman–Crippen LogP) is 3.61. The monoisotopic (exact) mass is 266 g/mol. The van der Waals surface area contributed by atoms with E-state index in [1.54, 1.807) is 12.2 Å². The van der Waals surface area contributed by atoms with E-state index in [9.17, 15) is 4.79 Å². The number of carbonyl (C=O) groups is 1. The van der Waals surface area contributed by atoms with E-state index in [1.807, 2.05) is 52.0 Å². The molecule has 20 heavy (non-hydrogen) atoms. The molecule has 2 aromatic rings. The van der Waals surface area contributed by atoms with Crippen molar-refractivity contribution in [3.63, 3.8) is 0 Å². The summed E-state index contributed by atoms with van der Waals surface area (Å²) in [5, 5.41) is 0. The molecular formula is C17H18N2O. The van der Waals surface area contributed by atoms with Crippen LogP contribution in [-0.4, -0.2) is 15.8 Å². The molecule has 0 unspecified atom stereocenters. The van der Waals surface area contributed by atoms with Gasteiger partial charge in [-0.25, -0.2) is 4.98 Å². The van der Waals surface area contributed by atoms with Gasteiger partial charge in [-0.3, -0.25) is 9.78 Å². The Bertz CT molecular complexity index is 687. The van der Waals surface area contributed by atoms with Crippen molar-refractivity contribution in [2.45, 2.75) is 27.7 Å². The van der Waals surface area contributed by atoms with Gasteiger partial charge in [0.2, 0.25) is 0 Å². The van der Waals surface area contributed by atoms with E-state index >= 15 is 0 Å². The number of nitrogens with zero attached hydrogens (tertiary/aromatic N) is 2. The van der Waals surface area contributed by atoms with Crippen molar-refractivity contribution in [1.82, 2.24) is 9.97 Å². The number of rotatable bonds is 3. The van der Waals surface area contributed by atoms with Gasteiger partial charge in [-0.1, -0.05) is 24.3 Å². The second-order valence-electron chi connectivity index (χ2n) is 4.88. The summed E-state index contributed by atoms with van der Waals surface area (Å²) >= 11 is 0. The van der Waals surface area contributed by atoms with Gasteiger partial charge in [-0.05, 0) is 45.4 Å². The maximum atomic E-state index is 12.2. The zero-order valence-electron chi connectivity index (χ0n) is 12.3. The topological polar surface area (TPSA) is 42.9 Å². The number of allylic oxidation sites excluding steroid dienone is 1. The maximum Gasteiger partial charge on any atom is 0.186 e. The van der Waals surface area contributed by atoms with Crippen molar-refractivity contribution >= 4 is 11.9 Å². The highest BCUT2D eigenvalue weighted by atomic mass is 16.1. The van der Waals surface area contributed by atoms with Gasteiger partial charge in [0.05, 0.1) is 22.8 Å². The molecule has 1 aromatic heterocycles. The summed E-state index contributed by atoms with van der Waals surface area (Å²) in [6.45, 7) is 7.68. The number of benzene rings is 1. The van der Waals surface area contributed by atoms with Crippen LogP contribution in [0.3, 0.4) is 0 Å². The largest absolute Gasteiger partial charge is 0.289 e. The van der Waals surface area contributed by atoms with E-state index in [-0.39, 0.29) is 5.78 Å². The lowest BCUT2D eigenvalue weighted by molar-refractivity contribution is 0.104. The van der Waals surface area contributed by atoms with Gasteiger partial charge in [0.25, 0.3) is 0 Å². The molecule has 3 heteroatoms. The summed E-state index contributed by atoms with van der Waals surface area (Å²) in [4.78, 5) is 21.0. The first-order chi connectivity index (χ1) is 9.49. The molecular weight excluding hydrogens is 248 g/mol. The minimum absolute atomic E-state index is 0.0115. The van der Waals surface area contributed by atoms with Crippen LogP contribution in [0.25, 0.3) is 6.08 Å². The SMILES string of the molecule is Cc1ccccc1C(=O)C=Cc1nc(C)c(C)nc1C. The van der Waals surface area contributed by atoms with E-state index in [0.717, 1.165) is 33.9 Å². The van der Waals surface area contributed by atoms with Crippen molar-refractivity contribution in [1.29, 1.82) is 0 Å². The third kappa shape index (κ3) is 2.99. The average molecular weight is 266 g/mol. The lowest BCUT2D eigenvalue weighted by atomic mass is 10.0. The molecule has 0 N–H and O–H groups in total. The van der Waals surface area contributed by atoms with E-state index in [4.69, 9.17) is 0 Å². The zero-order chi connectivity index (χ0) is 14.7. The highest BCUT2D eigenvalue weighted by molar-refractivity contribution is 6.07. The molecule has 3 nitrogen and oxygen atoms in total. The summed E-state index contributed by atoms with van der Waals surface area (Å²) in [5.74, 6) is -0.0115. The highest BCUT2D eigenvalue weighted by Crippen LogP contribution is 2.12. The van der Waals surface area contributed by atoms with Crippen molar-refractivity contribution in [2.75, 3.05) is 0 Å². The van der Waals surface area contributed by atoms with Crippen LogP contribution < -0.4 is 0 Å². The molecule has 0 radical (unpaired) electrons. The highest BCUT2D eigenvalue weighted by Gasteiger charge is 2.06. The standard InChI is InChI=1S/C17H18N2O/c1-11-7-5-6-8-15(11)17(20)10-9-16-14(4)18-12(2)13(3)19-16/h5-10H,1-4H3. The number of hydrogen-bond donors (Lipinski definition) is 0. The van der Waals surface area contributed by atoms with Crippen LogP contribution in [0.2, 0.25) is 0 Å². The molecule has 0 saturated carbocycles. The van der Waals surface area contributed by atoms with Crippen LogP contribution in [0.15, 0.2) is 30.3 Å². The van der Waals surface area contributed by atoms with Gasteiger partial charge < -0.3 is 0 Å². The Balaban J connectivity index is 2.28. The van der Waals surface area contributed by atoms with Crippen molar-refractivity contribution < 1.29 is 4.79 Å². The van der Waals surface area contributed by atoms with Crippen molar-refractivity contribution in [3.05, 3.63) is 64.2 Å². The van der Waals surface area contributed by atoms with Crippen LogP contribution in [0.1, 0.15) is 38.7 Å². The molecule has 0 amide bonds. The molecule has 0 aliphatic heterocycles. The molecule has 0 spiro atoms. The lowest BCUT2D eigenvalue weighted by Crippen LogP contribution is -2.00. The second-order valence-corrected chi connectivity index (χ2v) is 4.88. The van der Waals surface area contributed by atoms with Gasteiger partial charge in [-0.2, -0.15) is 0 Å². The summed E-state index contributed by atoms with van der Waals surface area (Å²) in [7, 11) is 0. The quantitative estimate of drug-likeness (QED) is 0.629. The average Bonchev–Trinajstić information content (AvgIpc) is 2.41. The molecule has 102 valence electrons. The van der Waals surface area contributed by atoms with E-state index < -0.39 is 0 Å². The van der Waals surface area contributed by atoms with Gasteiger partial charge in [0.15, 0.2) is 5.78 Å². The Morgan fingerprint density at radius 1 is 0.950 bits per heavy atom. The smallest absolute Gasteiger partial charge is 0.186 e. The summed E-state index contributed by atoms with van der Waals surface area (Å²) in [6.07, 6.45) is 3.30. The summed E-state index contributed by atoms with van der Waals surface area (Å²) in [6, 6.07) is 7.56. The first-order valence-electron chi connectivity index (χ1n) is 6.59. The Hall–Kier alpha value is -2.29. The molecule has 0 fully saturated rings. The molecule has 0 saturated heterocycles. The van der Waals surface area contributed by atoms with Crippen LogP contribution in [0.4, 0.5) is 0 Å². The number of aromatic nitrogens is 2. The van der Waals surface area contributed by atoms with E-state index in [2.05, 4.69) is 9.97 Å². The fourth-order valence-corrected chi connectivity index (χ4v) is 1.98. The number of hydrogen-bond acceptors (Lipinski definition) is 3. The lowest BCUT2D eigenvalue weighted by Gasteiger charge is -2.04. The molecule has 1 aromatic carbocycles. The zero-order valence-corrected chi connectivity index (χ0v) is 12.3. The normalized spacial score (nSPS) is 11.0. The molecule has 0 aliphatic carbocycles.